The normalized spacial score (nSPS) is 7.70. The Balaban J connectivity index is 0. The first kappa shape index (κ1) is 13.4. The summed E-state index contributed by atoms with van der Waals surface area (Å²) < 4.78 is 4.39. The fraction of sp³-hybridized carbons (Fsp3) is 0.667. The van der Waals surface area contributed by atoms with Crippen LogP contribution in [-0.2, 0) is 24.3 Å². The molecular formula is C6H11IO2Zn. The average molecular weight is 307 g/mol. The van der Waals surface area contributed by atoms with E-state index in [0.717, 1.165) is 12.8 Å². The summed E-state index contributed by atoms with van der Waals surface area (Å²) in [5.74, 6) is -0.145. The van der Waals surface area contributed by atoms with Gasteiger partial charge in [-0.05, 0) is 0 Å². The number of carbonyl (C=O) groups excluding carboxylic acids is 1. The molecule has 0 saturated heterocycles. The van der Waals surface area contributed by atoms with Crippen molar-refractivity contribution in [2.45, 2.75) is 19.3 Å². The SMILES string of the molecule is [CH2-]CCCC(=O)OC.[Zn+][I]. The number of unbranched alkanes of at least 4 members (excludes halogenated alkanes) is 1. The van der Waals surface area contributed by atoms with Gasteiger partial charge in [0.25, 0.3) is 0 Å². The molecule has 0 radical (unpaired) electrons. The molecule has 0 rings (SSSR count). The van der Waals surface area contributed by atoms with Crippen LogP contribution >= 0.6 is 19.8 Å². The van der Waals surface area contributed by atoms with E-state index in [-0.39, 0.29) is 5.97 Å². The molecule has 0 aromatic heterocycles. The van der Waals surface area contributed by atoms with E-state index >= 15 is 0 Å². The second-order valence-corrected chi connectivity index (χ2v) is 1.53. The third-order valence-electron chi connectivity index (χ3n) is 0.859. The van der Waals surface area contributed by atoms with E-state index in [9.17, 15) is 4.79 Å². The molecule has 0 aliphatic rings. The van der Waals surface area contributed by atoms with Gasteiger partial charge in [-0.25, -0.2) is 0 Å². The molecule has 56 valence electrons. The molecule has 10 heavy (non-hydrogen) atoms. The van der Waals surface area contributed by atoms with Gasteiger partial charge < -0.3 is 11.7 Å². The van der Waals surface area contributed by atoms with E-state index in [1.807, 2.05) is 0 Å². The van der Waals surface area contributed by atoms with E-state index in [1.165, 1.54) is 21.9 Å². The van der Waals surface area contributed by atoms with Crippen LogP contribution in [0.3, 0.4) is 0 Å². The van der Waals surface area contributed by atoms with Gasteiger partial charge in [-0.15, -0.1) is 0 Å². The van der Waals surface area contributed by atoms with Crippen LogP contribution in [0.4, 0.5) is 0 Å². The fourth-order valence-electron chi connectivity index (χ4n) is 0.371. The van der Waals surface area contributed by atoms with Gasteiger partial charge in [-0.2, -0.15) is 6.42 Å². The Hall–Kier alpha value is 0.823. The number of rotatable bonds is 3. The quantitative estimate of drug-likeness (QED) is 0.345. The molecule has 4 heteroatoms. The first-order valence-corrected chi connectivity index (χ1v) is 12.0. The number of ether oxygens (including phenoxy) is 1. The molecule has 0 fully saturated rings. The van der Waals surface area contributed by atoms with Crippen molar-refractivity contribution in [3.8, 4) is 0 Å². The molecular weight excluding hydrogens is 296 g/mol. The molecule has 0 spiro atoms. The maximum absolute atomic E-state index is 10.3. The Morgan fingerprint density at radius 1 is 1.70 bits per heavy atom. The van der Waals surface area contributed by atoms with E-state index < -0.39 is 0 Å². The number of hydrogen-bond donors (Lipinski definition) is 0. The minimum atomic E-state index is -0.145. The zero-order chi connectivity index (χ0) is 8.41. The summed E-state index contributed by atoms with van der Waals surface area (Å²) in [6, 6.07) is 0. The van der Waals surface area contributed by atoms with Gasteiger partial charge in [0.1, 0.15) is 0 Å². The number of esters is 1. The predicted octanol–water partition coefficient (Wildman–Crippen LogP) is 2.05. The monoisotopic (exact) mass is 306 g/mol. The second-order valence-electron chi connectivity index (χ2n) is 1.53. The van der Waals surface area contributed by atoms with Crippen molar-refractivity contribution in [1.82, 2.24) is 0 Å². The van der Waals surface area contributed by atoms with Crippen LogP contribution in [0.5, 0.6) is 0 Å². The molecule has 0 aromatic rings. The summed E-state index contributed by atoms with van der Waals surface area (Å²) >= 11 is 3.62. The first-order chi connectivity index (χ1) is 4.81. The van der Waals surface area contributed by atoms with Gasteiger partial charge in [-0.3, -0.25) is 4.79 Å². The Morgan fingerprint density at radius 3 is 2.50 bits per heavy atom. The summed E-state index contributed by atoms with van der Waals surface area (Å²) in [6.07, 6.45) is 2.13. The van der Waals surface area contributed by atoms with Crippen LogP contribution in [0.25, 0.3) is 0 Å². The first-order valence-electron chi connectivity index (χ1n) is 2.94. The number of hydrogen-bond acceptors (Lipinski definition) is 2. The third kappa shape index (κ3) is 11.6. The van der Waals surface area contributed by atoms with Crippen LogP contribution in [-0.4, -0.2) is 13.1 Å². The molecule has 0 aliphatic carbocycles. The maximum atomic E-state index is 10.3. The number of halogens is 1. The van der Waals surface area contributed by atoms with Gasteiger partial charge in [0.05, 0.1) is 7.11 Å². The van der Waals surface area contributed by atoms with Gasteiger partial charge in [0.15, 0.2) is 0 Å². The van der Waals surface area contributed by atoms with E-state index in [0.29, 0.717) is 6.42 Å². The Labute approximate surface area is 82.9 Å². The third-order valence-corrected chi connectivity index (χ3v) is 0.859. The second kappa shape index (κ2) is 12.5. The summed E-state index contributed by atoms with van der Waals surface area (Å²) in [6.45, 7) is 3.58. The van der Waals surface area contributed by atoms with Crippen LogP contribution < -0.4 is 0 Å². The zero-order valence-corrected chi connectivity index (χ0v) is 11.4. The summed E-state index contributed by atoms with van der Waals surface area (Å²) in [4.78, 5) is 10.3. The molecule has 0 bridgehead atoms. The van der Waals surface area contributed by atoms with E-state index in [2.05, 4.69) is 31.4 Å². The van der Waals surface area contributed by atoms with Gasteiger partial charge >= 0.3 is 40.5 Å². The molecule has 0 unspecified atom stereocenters. The topological polar surface area (TPSA) is 26.3 Å². The molecule has 0 aliphatic heterocycles. The van der Waals surface area contributed by atoms with Crippen molar-refractivity contribution < 1.29 is 24.3 Å². The molecule has 0 saturated carbocycles. The molecule has 0 N–H and O–H groups in total. The van der Waals surface area contributed by atoms with Crippen LogP contribution in [0.15, 0.2) is 0 Å². The zero-order valence-electron chi connectivity index (χ0n) is 6.23. The van der Waals surface area contributed by atoms with Gasteiger partial charge in [0.2, 0.25) is 0 Å². The van der Waals surface area contributed by atoms with Gasteiger partial charge in [-0.1, -0.05) is 6.42 Å². The molecule has 0 atom stereocenters. The molecule has 0 aromatic carbocycles. The fourth-order valence-corrected chi connectivity index (χ4v) is 0.371. The van der Waals surface area contributed by atoms with Crippen molar-refractivity contribution in [3.63, 3.8) is 0 Å². The van der Waals surface area contributed by atoms with Gasteiger partial charge in [0, 0.05) is 6.42 Å². The Bertz CT molecular complexity index is 78.1. The molecule has 0 heterocycles. The van der Waals surface area contributed by atoms with Crippen LogP contribution in [0, 0.1) is 6.92 Å². The van der Waals surface area contributed by atoms with E-state index in [1.54, 1.807) is 0 Å². The van der Waals surface area contributed by atoms with Crippen molar-refractivity contribution in [2.75, 3.05) is 7.11 Å². The number of methoxy groups -OCH3 is 1. The Kier molecular flexibility index (Phi) is 16.8. The predicted molar refractivity (Wildman–Crippen MR) is 45.2 cm³/mol. The standard InChI is InChI=1S/C6H11O2.HI.Zn/c1-3-4-5-6(7)8-2;;/h1,3-5H2,2H3;1H;/q-1;;+2/p-1. The summed E-state index contributed by atoms with van der Waals surface area (Å²) in [7, 11) is 1.39. The average Bonchev–Trinajstić information content (AvgIpc) is 2.04. The Morgan fingerprint density at radius 2 is 2.20 bits per heavy atom. The van der Waals surface area contributed by atoms with Crippen LogP contribution in [0.1, 0.15) is 19.3 Å². The number of carbonyl (C=O) groups is 1. The van der Waals surface area contributed by atoms with Crippen LogP contribution in [0.2, 0.25) is 0 Å². The molecule has 2 nitrogen and oxygen atoms in total. The summed E-state index contributed by atoms with van der Waals surface area (Å²) in [5.41, 5.74) is 0. The van der Waals surface area contributed by atoms with Crippen molar-refractivity contribution >= 4 is 25.7 Å². The summed E-state index contributed by atoms with van der Waals surface area (Å²) in [5, 5.41) is 0. The van der Waals surface area contributed by atoms with E-state index in [4.69, 9.17) is 0 Å². The van der Waals surface area contributed by atoms with Crippen molar-refractivity contribution in [1.29, 1.82) is 0 Å². The molecule has 0 amide bonds. The minimum absolute atomic E-state index is 0.145. The van der Waals surface area contributed by atoms with Crippen molar-refractivity contribution in [2.24, 2.45) is 0 Å². The van der Waals surface area contributed by atoms with Crippen molar-refractivity contribution in [3.05, 3.63) is 6.92 Å².